The highest BCUT2D eigenvalue weighted by molar-refractivity contribution is 5.74. The predicted octanol–water partition coefficient (Wildman–Crippen LogP) is 2.02. The standard InChI is InChI=1S/C12H20N4O/c1-2-3-4-9-15-12(17)16(10-5-7-13)11-6-8-14/h2-6,9-11H2,1H3,(H,15,17). The number of nitrogens with zero attached hydrogens (tertiary/aromatic N) is 3. The molecule has 94 valence electrons. The Morgan fingerprint density at radius 3 is 2.24 bits per heavy atom. The molecule has 0 radical (unpaired) electrons. The fourth-order valence-electron chi connectivity index (χ4n) is 1.37. The van der Waals surface area contributed by atoms with Crippen LogP contribution in [0.3, 0.4) is 0 Å². The summed E-state index contributed by atoms with van der Waals surface area (Å²) in [5.41, 5.74) is 0. The molecule has 0 aromatic rings. The van der Waals surface area contributed by atoms with Gasteiger partial charge in [0, 0.05) is 19.6 Å². The van der Waals surface area contributed by atoms with Crippen molar-refractivity contribution in [1.29, 1.82) is 10.5 Å². The van der Waals surface area contributed by atoms with Gasteiger partial charge in [0.05, 0.1) is 25.0 Å². The summed E-state index contributed by atoms with van der Waals surface area (Å²) >= 11 is 0. The van der Waals surface area contributed by atoms with Crippen LogP contribution in [-0.4, -0.2) is 30.6 Å². The number of amides is 2. The first-order valence-corrected chi connectivity index (χ1v) is 6.03. The van der Waals surface area contributed by atoms with Gasteiger partial charge in [0.2, 0.25) is 0 Å². The smallest absolute Gasteiger partial charge is 0.317 e. The first kappa shape index (κ1) is 15.2. The largest absolute Gasteiger partial charge is 0.338 e. The van der Waals surface area contributed by atoms with E-state index in [2.05, 4.69) is 12.2 Å². The van der Waals surface area contributed by atoms with Crippen molar-refractivity contribution in [1.82, 2.24) is 10.2 Å². The van der Waals surface area contributed by atoms with Crippen molar-refractivity contribution in [3.05, 3.63) is 0 Å². The molecule has 17 heavy (non-hydrogen) atoms. The average Bonchev–Trinajstić information content (AvgIpc) is 2.34. The minimum absolute atomic E-state index is 0.174. The second kappa shape index (κ2) is 10.8. The van der Waals surface area contributed by atoms with E-state index >= 15 is 0 Å². The van der Waals surface area contributed by atoms with E-state index in [0.717, 1.165) is 19.3 Å². The van der Waals surface area contributed by atoms with E-state index in [1.165, 1.54) is 4.90 Å². The molecule has 0 aliphatic rings. The molecule has 0 heterocycles. The highest BCUT2D eigenvalue weighted by Gasteiger charge is 2.11. The maximum Gasteiger partial charge on any atom is 0.317 e. The Labute approximate surface area is 103 Å². The number of carbonyl (C=O) groups is 1. The Bertz CT molecular complexity index is 272. The van der Waals surface area contributed by atoms with Gasteiger partial charge in [0.25, 0.3) is 0 Å². The zero-order valence-corrected chi connectivity index (χ0v) is 10.4. The van der Waals surface area contributed by atoms with Crippen LogP contribution in [0.25, 0.3) is 0 Å². The zero-order valence-electron chi connectivity index (χ0n) is 10.4. The van der Waals surface area contributed by atoms with Gasteiger partial charge in [-0.2, -0.15) is 10.5 Å². The van der Waals surface area contributed by atoms with Gasteiger partial charge in [-0.3, -0.25) is 0 Å². The first-order valence-electron chi connectivity index (χ1n) is 6.03. The number of unbranched alkanes of at least 4 members (excludes halogenated alkanes) is 2. The quantitative estimate of drug-likeness (QED) is 0.655. The van der Waals surface area contributed by atoms with Crippen LogP contribution in [0, 0.1) is 22.7 Å². The van der Waals surface area contributed by atoms with Gasteiger partial charge in [-0.15, -0.1) is 0 Å². The summed E-state index contributed by atoms with van der Waals surface area (Å²) in [5.74, 6) is 0. The lowest BCUT2D eigenvalue weighted by Gasteiger charge is -2.20. The third kappa shape index (κ3) is 8.10. The molecule has 0 spiro atoms. The van der Waals surface area contributed by atoms with Gasteiger partial charge < -0.3 is 10.2 Å². The van der Waals surface area contributed by atoms with E-state index in [0.29, 0.717) is 32.5 Å². The lowest BCUT2D eigenvalue weighted by molar-refractivity contribution is 0.200. The van der Waals surface area contributed by atoms with Crippen LogP contribution in [0.5, 0.6) is 0 Å². The van der Waals surface area contributed by atoms with Gasteiger partial charge in [-0.1, -0.05) is 19.8 Å². The SMILES string of the molecule is CCCCCNC(=O)N(CCC#N)CCC#N. The highest BCUT2D eigenvalue weighted by atomic mass is 16.2. The molecular weight excluding hydrogens is 216 g/mol. The third-order valence-electron chi connectivity index (χ3n) is 2.33. The number of hydrogen-bond acceptors (Lipinski definition) is 3. The van der Waals surface area contributed by atoms with Crippen LogP contribution in [0.4, 0.5) is 4.79 Å². The lowest BCUT2D eigenvalue weighted by atomic mass is 10.2. The fraction of sp³-hybridized carbons (Fsp3) is 0.750. The first-order chi connectivity index (χ1) is 8.26. The van der Waals surface area contributed by atoms with Crippen molar-refractivity contribution in [3.63, 3.8) is 0 Å². The summed E-state index contributed by atoms with van der Waals surface area (Å²) in [6.45, 7) is 3.53. The molecule has 0 aromatic carbocycles. The van der Waals surface area contributed by atoms with Crippen molar-refractivity contribution >= 4 is 6.03 Å². The third-order valence-corrected chi connectivity index (χ3v) is 2.33. The van der Waals surface area contributed by atoms with Crippen molar-refractivity contribution in [2.75, 3.05) is 19.6 Å². The van der Waals surface area contributed by atoms with E-state index in [4.69, 9.17) is 10.5 Å². The number of hydrogen-bond donors (Lipinski definition) is 1. The van der Waals surface area contributed by atoms with Crippen LogP contribution in [-0.2, 0) is 0 Å². The summed E-state index contributed by atoms with van der Waals surface area (Å²) in [7, 11) is 0. The topological polar surface area (TPSA) is 79.9 Å². The Hall–Kier alpha value is -1.75. The molecule has 5 nitrogen and oxygen atoms in total. The van der Waals surface area contributed by atoms with Gasteiger partial charge in [-0.05, 0) is 6.42 Å². The van der Waals surface area contributed by atoms with Gasteiger partial charge in [0.1, 0.15) is 0 Å². The van der Waals surface area contributed by atoms with E-state index < -0.39 is 0 Å². The number of nitriles is 2. The molecule has 0 aliphatic carbocycles. The van der Waals surface area contributed by atoms with Crippen molar-refractivity contribution < 1.29 is 4.79 Å². The predicted molar refractivity (Wildman–Crippen MR) is 65.0 cm³/mol. The van der Waals surface area contributed by atoms with E-state index in [9.17, 15) is 4.79 Å². The van der Waals surface area contributed by atoms with Crippen LogP contribution >= 0.6 is 0 Å². The fourth-order valence-corrected chi connectivity index (χ4v) is 1.37. The molecule has 0 aliphatic heterocycles. The van der Waals surface area contributed by atoms with Gasteiger partial charge in [-0.25, -0.2) is 4.79 Å². The molecule has 0 bridgehead atoms. The maximum atomic E-state index is 11.7. The Morgan fingerprint density at radius 1 is 1.18 bits per heavy atom. The summed E-state index contributed by atoms with van der Waals surface area (Å²) < 4.78 is 0. The van der Waals surface area contributed by atoms with Gasteiger partial charge >= 0.3 is 6.03 Å². The molecule has 1 N–H and O–H groups in total. The molecule has 0 unspecified atom stereocenters. The van der Waals surface area contributed by atoms with Crippen molar-refractivity contribution in [2.24, 2.45) is 0 Å². The molecular formula is C12H20N4O. The van der Waals surface area contributed by atoms with Crippen molar-refractivity contribution in [3.8, 4) is 12.1 Å². The van der Waals surface area contributed by atoms with Crippen LogP contribution in [0.1, 0.15) is 39.0 Å². The van der Waals surface area contributed by atoms with Crippen molar-refractivity contribution in [2.45, 2.75) is 39.0 Å². The summed E-state index contributed by atoms with van der Waals surface area (Å²) in [4.78, 5) is 13.2. The Morgan fingerprint density at radius 2 is 1.76 bits per heavy atom. The minimum Gasteiger partial charge on any atom is -0.338 e. The molecule has 0 fully saturated rings. The highest BCUT2D eigenvalue weighted by Crippen LogP contribution is 1.96. The summed E-state index contributed by atoms with van der Waals surface area (Å²) in [5, 5.41) is 19.8. The normalized spacial score (nSPS) is 9.12. The summed E-state index contributed by atoms with van der Waals surface area (Å²) in [6, 6.07) is 3.83. The molecule has 0 saturated heterocycles. The monoisotopic (exact) mass is 236 g/mol. The Balaban J connectivity index is 3.95. The zero-order chi connectivity index (χ0) is 12.9. The second-order valence-corrected chi connectivity index (χ2v) is 3.74. The molecule has 0 aromatic heterocycles. The molecule has 0 rings (SSSR count). The average molecular weight is 236 g/mol. The molecule has 5 heteroatoms. The van der Waals surface area contributed by atoms with Gasteiger partial charge in [0.15, 0.2) is 0 Å². The molecule has 0 saturated carbocycles. The Kier molecular flexibility index (Phi) is 9.65. The minimum atomic E-state index is -0.174. The number of carbonyl (C=O) groups excluding carboxylic acids is 1. The van der Waals surface area contributed by atoms with E-state index in [1.807, 2.05) is 12.1 Å². The lowest BCUT2D eigenvalue weighted by Crippen LogP contribution is -2.41. The van der Waals surface area contributed by atoms with E-state index in [-0.39, 0.29) is 6.03 Å². The van der Waals surface area contributed by atoms with Crippen LogP contribution in [0.15, 0.2) is 0 Å². The number of urea groups is 1. The molecule has 0 atom stereocenters. The molecule has 2 amide bonds. The second-order valence-electron chi connectivity index (χ2n) is 3.74. The summed E-state index contributed by atoms with van der Waals surface area (Å²) in [6.07, 6.45) is 3.77. The number of nitrogens with one attached hydrogen (secondary N) is 1. The number of rotatable bonds is 8. The maximum absolute atomic E-state index is 11.7. The van der Waals surface area contributed by atoms with Crippen LogP contribution < -0.4 is 5.32 Å². The van der Waals surface area contributed by atoms with Crippen LogP contribution in [0.2, 0.25) is 0 Å². The van der Waals surface area contributed by atoms with E-state index in [1.54, 1.807) is 0 Å².